The maximum Gasteiger partial charge on any atom is 0.328 e. The van der Waals surface area contributed by atoms with Gasteiger partial charge < -0.3 is 14.8 Å². The average molecular weight is 456 g/mol. The van der Waals surface area contributed by atoms with E-state index in [1.165, 1.54) is 7.11 Å². The molecule has 1 atom stereocenters. The predicted molar refractivity (Wildman–Crippen MR) is 117 cm³/mol. The molecule has 0 aliphatic heterocycles. The van der Waals surface area contributed by atoms with Crippen molar-refractivity contribution in [2.24, 2.45) is 0 Å². The summed E-state index contributed by atoms with van der Waals surface area (Å²) < 4.78 is 10.5. The first-order valence-corrected chi connectivity index (χ1v) is 10.4. The van der Waals surface area contributed by atoms with Crippen molar-refractivity contribution in [1.82, 2.24) is 5.32 Å². The second-order valence-corrected chi connectivity index (χ2v) is 7.29. The van der Waals surface area contributed by atoms with Crippen LogP contribution in [0.15, 0.2) is 66.7 Å². The minimum atomic E-state index is -0.772. The van der Waals surface area contributed by atoms with Crippen molar-refractivity contribution in [3.63, 3.8) is 0 Å². The van der Waals surface area contributed by atoms with Crippen LogP contribution in [-0.4, -0.2) is 37.0 Å². The van der Waals surface area contributed by atoms with E-state index in [-0.39, 0.29) is 5.91 Å². The van der Waals surface area contributed by atoms with E-state index in [2.05, 4.69) is 21.2 Å². The molecule has 0 heterocycles. The minimum Gasteiger partial charge on any atom is -0.493 e. The van der Waals surface area contributed by atoms with Gasteiger partial charge in [-0.3, -0.25) is 4.79 Å². The van der Waals surface area contributed by atoms with E-state index in [1.807, 2.05) is 42.5 Å². The lowest BCUT2D eigenvalue weighted by Gasteiger charge is -2.17. The average Bonchev–Trinajstić information content (AvgIpc) is 2.77. The summed E-state index contributed by atoms with van der Waals surface area (Å²) in [4.78, 5) is 24.7. The predicted octanol–water partition coefficient (Wildman–Crippen LogP) is 4.13. The molecule has 3 aromatic carbocycles. The van der Waals surface area contributed by atoms with Crippen molar-refractivity contribution >= 4 is 38.6 Å². The van der Waals surface area contributed by atoms with E-state index >= 15 is 0 Å². The molecule has 0 aliphatic rings. The SMILES string of the molecule is COC(=O)C(Cc1ccc2cc(OCCBr)ccc2c1)NC(=O)c1ccccc1. The molecule has 1 N–H and O–H groups in total. The van der Waals surface area contributed by atoms with Crippen LogP contribution in [0, 0.1) is 0 Å². The Morgan fingerprint density at radius 3 is 2.45 bits per heavy atom. The molecule has 0 bridgehead atoms. The summed E-state index contributed by atoms with van der Waals surface area (Å²) in [6.45, 7) is 0.603. The Bertz CT molecular complexity index is 991. The van der Waals surface area contributed by atoms with Crippen LogP contribution >= 0.6 is 15.9 Å². The highest BCUT2D eigenvalue weighted by Gasteiger charge is 2.22. The van der Waals surface area contributed by atoms with E-state index in [0.717, 1.165) is 27.4 Å². The summed E-state index contributed by atoms with van der Waals surface area (Å²) in [5.74, 6) is 0.0236. The number of amides is 1. The molecule has 3 aromatic rings. The third-order valence-electron chi connectivity index (χ3n) is 4.49. The lowest BCUT2D eigenvalue weighted by atomic mass is 10.0. The van der Waals surface area contributed by atoms with Gasteiger partial charge in [-0.25, -0.2) is 4.79 Å². The van der Waals surface area contributed by atoms with Crippen molar-refractivity contribution < 1.29 is 19.1 Å². The van der Waals surface area contributed by atoms with E-state index in [0.29, 0.717) is 18.6 Å². The van der Waals surface area contributed by atoms with E-state index in [9.17, 15) is 9.59 Å². The molecular weight excluding hydrogens is 434 g/mol. The van der Waals surface area contributed by atoms with Crippen molar-refractivity contribution in [3.05, 3.63) is 77.9 Å². The topological polar surface area (TPSA) is 64.6 Å². The minimum absolute atomic E-state index is 0.310. The first-order valence-electron chi connectivity index (χ1n) is 9.26. The van der Waals surface area contributed by atoms with Crippen molar-refractivity contribution in [1.29, 1.82) is 0 Å². The zero-order valence-corrected chi connectivity index (χ0v) is 17.6. The van der Waals surface area contributed by atoms with Crippen molar-refractivity contribution in [3.8, 4) is 5.75 Å². The Morgan fingerprint density at radius 1 is 1.00 bits per heavy atom. The van der Waals surface area contributed by atoms with Gasteiger partial charge in [0.15, 0.2) is 0 Å². The third-order valence-corrected chi connectivity index (χ3v) is 4.81. The maximum atomic E-state index is 12.5. The number of carbonyl (C=O) groups is 2. The molecule has 1 unspecified atom stereocenters. The number of esters is 1. The summed E-state index contributed by atoms with van der Waals surface area (Å²) in [5.41, 5.74) is 1.42. The highest BCUT2D eigenvalue weighted by atomic mass is 79.9. The van der Waals surface area contributed by atoms with Gasteiger partial charge in [0, 0.05) is 17.3 Å². The number of nitrogens with one attached hydrogen (secondary N) is 1. The summed E-state index contributed by atoms with van der Waals surface area (Å²) in [5, 5.41) is 5.63. The van der Waals surface area contributed by atoms with Gasteiger partial charge in [-0.05, 0) is 40.6 Å². The number of fused-ring (bicyclic) bond motifs is 1. The number of ether oxygens (including phenoxy) is 2. The lowest BCUT2D eigenvalue weighted by molar-refractivity contribution is -0.142. The van der Waals surface area contributed by atoms with Crippen LogP contribution < -0.4 is 10.1 Å². The van der Waals surface area contributed by atoms with Gasteiger partial charge in [-0.1, -0.05) is 58.4 Å². The van der Waals surface area contributed by atoms with Crippen molar-refractivity contribution in [2.75, 3.05) is 19.0 Å². The summed E-state index contributed by atoms with van der Waals surface area (Å²) in [6.07, 6.45) is 0.336. The Morgan fingerprint density at radius 2 is 1.72 bits per heavy atom. The zero-order chi connectivity index (χ0) is 20.6. The van der Waals surface area contributed by atoms with Crippen LogP contribution in [0.3, 0.4) is 0 Å². The fourth-order valence-corrected chi connectivity index (χ4v) is 3.21. The first kappa shape index (κ1) is 20.9. The summed E-state index contributed by atoms with van der Waals surface area (Å²) in [6, 6.07) is 19.9. The van der Waals surface area contributed by atoms with Crippen LogP contribution in [0.2, 0.25) is 0 Å². The second-order valence-electron chi connectivity index (χ2n) is 6.50. The number of benzene rings is 3. The van der Waals surface area contributed by atoms with E-state index in [1.54, 1.807) is 24.3 Å². The van der Waals surface area contributed by atoms with Gasteiger partial charge in [-0.2, -0.15) is 0 Å². The molecule has 3 rings (SSSR count). The smallest absolute Gasteiger partial charge is 0.328 e. The molecular formula is C23H22BrNO4. The van der Waals surface area contributed by atoms with Crippen LogP contribution in [0.5, 0.6) is 5.75 Å². The largest absolute Gasteiger partial charge is 0.493 e. The van der Waals surface area contributed by atoms with Crippen LogP contribution in [-0.2, 0) is 16.0 Å². The Labute approximate surface area is 178 Å². The standard InChI is InChI=1S/C23H22BrNO4/c1-28-23(27)21(25-22(26)17-5-3-2-4-6-17)14-16-7-8-19-15-20(29-12-11-24)10-9-18(19)13-16/h2-10,13,15,21H,11-12,14H2,1H3,(H,25,26). The van der Waals surface area contributed by atoms with Crippen LogP contribution in [0.25, 0.3) is 10.8 Å². The number of methoxy groups -OCH3 is 1. The van der Waals surface area contributed by atoms with E-state index in [4.69, 9.17) is 9.47 Å². The molecule has 0 spiro atoms. The molecule has 29 heavy (non-hydrogen) atoms. The van der Waals surface area contributed by atoms with Gasteiger partial charge in [0.25, 0.3) is 5.91 Å². The number of hydrogen-bond acceptors (Lipinski definition) is 4. The molecule has 0 saturated heterocycles. The lowest BCUT2D eigenvalue weighted by Crippen LogP contribution is -2.43. The van der Waals surface area contributed by atoms with Crippen molar-refractivity contribution in [2.45, 2.75) is 12.5 Å². The number of halogens is 1. The van der Waals surface area contributed by atoms with Gasteiger partial charge in [0.2, 0.25) is 0 Å². The van der Waals surface area contributed by atoms with Gasteiger partial charge in [0.1, 0.15) is 11.8 Å². The normalized spacial score (nSPS) is 11.7. The molecule has 150 valence electrons. The molecule has 0 aromatic heterocycles. The molecule has 5 nitrogen and oxygen atoms in total. The maximum absolute atomic E-state index is 12.5. The summed E-state index contributed by atoms with van der Waals surface area (Å²) in [7, 11) is 1.32. The molecule has 0 saturated carbocycles. The Kier molecular flexibility index (Phi) is 7.25. The summed E-state index contributed by atoms with van der Waals surface area (Å²) >= 11 is 3.35. The van der Waals surface area contributed by atoms with E-state index < -0.39 is 12.0 Å². The highest BCUT2D eigenvalue weighted by molar-refractivity contribution is 9.09. The van der Waals surface area contributed by atoms with Gasteiger partial charge >= 0.3 is 5.97 Å². The number of rotatable bonds is 8. The van der Waals surface area contributed by atoms with Crippen LogP contribution in [0.4, 0.5) is 0 Å². The van der Waals surface area contributed by atoms with Gasteiger partial charge in [-0.15, -0.1) is 0 Å². The Balaban J connectivity index is 1.77. The molecule has 0 fully saturated rings. The number of carbonyl (C=O) groups excluding carboxylic acids is 2. The second kappa shape index (κ2) is 10.1. The van der Waals surface area contributed by atoms with Gasteiger partial charge in [0.05, 0.1) is 13.7 Å². The number of hydrogen-bond donors (Lipinski definition) is 1. The third kappa shape index (κ3) is 5.57. The fourth-order valence-electron chi connectivity index (χ4n) is 3.05. The number of alkyl halides is 1. The Hall–Kier alpha value is -2.86. The van der Waals surface area contributed by atoms with Crippen LogP contribution in [0.1, 0.15) is 15.9 Å². The molecule has 6 heteroatoms. The molecule has 1 amide bonds. The fraction of sp³-hybridized carbons (Fsp3) is 0.217. The quantitative estimate of drug-likeness (QED) is 0.409. The first-order chi connectivity index (χ1) is 14.1. The molecule has 0 aliphatic carbocycles. The monoisotopic (exact) mass is 455 g/mol. The zero-order valence-electron chi connectivity index (χ0n) is 16.1. The molecule has 0 radical (unpaired) electrons. The highest BCUT2D eigenvalue weighted by Crippen LogP contribution is 2.23.